The van der Waals surface area contributed by atoms with Crippen molar-refractivity contribution >= 4 is 17.3 Å². The summed E-state index contributed by atoms with van der Waals surface area (Å²) in [6.07, 6.45) is 0. The average Bonchev–Trinajstić information content (AvgIpc) is 2.10. The van der Waals surface area contributed by atoms with Crippen LogP contribution in [0.5, 0.6) is 11.5 Å². The van der Waals surface area contributed by atoms with Crippen molar-refractivity contribution in [1.29, 1.82) is 0 Å². The van der Waals surface area contributed by atoms with E-state index in [-0.39, 0.29) is 22.2 Å². The van der Waals surface area contributed by atoms with E-state index in [2.05, 4.69) is 0 Å². The summed E-state index contributed by atoms with van der Waals surface area (Å²) >= 11 is 5.68. The highest BCUT2D eigenvalue weighted by atomic mass is 35.5. The molecule has 2 N–H and O–H groups in total. The first-order valence-corrected chi connectivity index (χ1v) is 3.85. The smallest absolute Gasteiger partial charge is 0.188 e. The standard InChI is InChI=1S/C8H9ClFNO2/c1-12-7-4(9)3-5(10)6(11)8(7)13-2/h3H,11H2,1-2H3. The first-order valence-electron chi connectivity index (χ1n) is 3.47. The van der Waals surface area contributed by atoms with Crippen molar-refractivity contribution in [2.45, 2.75) is 0 Å². The molecule has 5 heteroatoms. The summed E-state index contributed by atoms with van der Waals surface area (Å²) in [5, 5.41) is 0.131. The first kappa shape index (κ1) is 9.92. The summed E-state index contributed by atoms with van der Waals surface area (Å²) in [5.74, 6) is -0.266. The quantitative estimate of drug-likeness (QED) is 0.752. The lowest BCUT2D eigenvalue weighted by atomic mass is 10.2. The van der Waals surface area contributed by atoms with Crippen molar-refractivity contribution in [3.8, 4) is 11.5 Å². The number of rotatable bonds is 2. The highest BCUT2D eigenvalue weighted by Crippen LogP contribution is 2.40. The maximum absolute atomic E-state index is 13.0. The predicted molar refractivity (Wildman–Crippen MR) is 48.9 cm³/mol. The molecule has 1 rings (SSSR count). The Labute approximate surface area is 80.2 Å². The van der Waals surface area contributed by atoms with Gasteiger partial charge in [-0.05, 0) is 6.07 Å². The molecule has 0 fully saturated rings. The fraction of sp³-hybridized carbons (Fsp3) is 0.250. The Kier molecular flexibility index (Phi) is 2.83. The number of nitrogens with two attached hydrogens (primary N) is 1. The third-order valence-electron chi connectivity index (χ3n) is 1.59. The monoisotopic (exact) mass is 205 g/mol. The lowest BCUT2D eigenvalue weighted by Gasteiger charge is -2.11. The van der Waals surface area contributed by atoms with Gasteiger partial charge in [-0.1, -0.05) is 11.6 Å². The third kappa shape index (κ3) is 1.62. The normalized spacial score (nSPS) is 9.85. The van der Waals surface area contributed by atoms with Crippen LogP contribution in [-0.4, -0.2) is 14.2 Å². The van der Waals surface area contributed by atoms with Gasteiger partial charge < -0.3 is 15.2 Å². The van der Waals surface area contributed by atoms with E-state index in [1.165, 1.54) is 14.2 Å². The minimum atomic E-state index is -0.623. The Morgan fingerprint density at radius 2 is 1.85 bits per heavy atom. The maximum Gasteiger partial charge on any atom is 0.188 e. The second-order valence-corrected chi connectivity index (χ2v) is 2.73. The fourth-order valence-corrected chi connectivity index (χ4v) is 1.25. The molecule has 0 radical (unpaired) electrons. The molecule has 0 saturated heterocycles. The number of benzene rings is 1. The summed E-state index contributed by atoms with van der Waals surface area (Å²) in [6.45, 7) is 0. The van der Waals surface area contributed by atoms with Crippen LogP contribution in [0.2, 0.25) is 5.02 Å². The Bertz CT molecular complexity index is 330. The van der Waals surface area contributed by atoms with Crippen LogP contribution >= 0.6 is 11.6 Å². The summed E-state index contributed by atoms with van der Waals surface area (Å²) in [4.78, 5) is 0. The van der Waals surface area contributed by atoms with Crippen molar-refractivity contribution in [2.24, 2.45) is 0 Å². The molecule has 13 heavy (non-hydrogen) atoms. The number of hydrogen-bond acceptors (Lipinski definition) is 3. The van der Waals surface area contributed by atoms with Crippen molar-refractivity contribution in [3.63, 3.8) is 0 Å². The second-order valence-electron chi connectivity index (χ2n) is 2.32. The van der Waals surface area contributed by atoms with Gasteiger partial charge in [-0.2, -0.15) is 0 Å². The molecule has 0 unspecified atom stereocenters. The largest absolute Gasteiger partial charge is 0.491 e. The van der Waals surface area contributed by atoms with Gasteiger partial charge in [0.2, 0.25) is 0 Å². The molecule has 0 aliphatic carbocycles. The minimum absolute atomic E-state index is 0.108. The zero-order valence-electron chi connectivity index (χ0n) is 7.23. The Balaban J connectivity index is 3.41. The Morgan fingerprint density at radius 1 is 1.31 bits per heavy atom. The average molecular weight is 206 g/mol. The van der Waals surface area contributed by atoms with Crippen LogP contribution in [0.4, 0.5) is 10.1 Å². The molecule has 3 nitrogen and oxygen atoms in total. The molecule has 1 aromatic carbocycles. The van der Waals surface area contributed by atoms with Crippen molar-refractivity contribution in [3.05, 3.63) is 16.9 Å². The highest BCUT2D eigenvalue weighted by Gasteiger charge is 2.16. The van der Waals surface area contributed by atoms with Gasteiger partial charge in [-0.3, -0.25) is 0 Å². The molecule has 0 spiro atoms. The van der Waals surface area contributed by atoms with Gasteiger partial charge in [-0.15, -0.1) is 0 Å². The van der Waals surface area contributed by atoms with Crippen molar-refractivity contribution in [2.75, 3.05) is 20.0 Å². The predicted octanol–water partition coefficient (Wildman–Crippen LogP) is 2.08. The van der Waals surface area contributed by atoms with E-state index in [9.17, 15) is 4.39 Å². The molecule has 1 aromatic rings. The summed E-state index contributed by atoms with van der Waals surface area (Å²) < 4.78 is 22.8. The van der Waals surface area contributed by atoms with E-state index in [1.54, 1.807) is 0 Å². The molecule has 0 aromatic heterocycles. The van der Waals surface area contributed by atoms with Crippen molar-refractivity contribution in [1.82, 2.24) is 0 Å². The van der Waals surface area contributed by atoms with E-state index in [4.69, 9.17) is 26.8 Å². The van der Waals surface area contributed by atoms with E-state index < -0.39 is 5.82 Å². The van der Waals surface area contributed by atoms with E-state index >= 15 is 0 Å². The molecular weight excluding hydrogens is 197 g/mol. The lowest BCUT2D eigenvalue weighted by molar-refractivity contribution is 0.354. The SMILES string of the molecule is COc1c(Cl)cc(F)c(N)c1OC. The Hall–Kier alpha value is -1.16. The van der Waals surface area contributed by atoms with Gasteiger partial charge in [-0.25, -0.2) is 4.39 Å². The lowest BCUT2D eigenvalue weighted by Crippen LogP contribution is -1.99. The third-order valence-corrected chi connectivity index (χ3v) is 1.87. The second kappa shape index (κ2) is 3.70. The van der Waals surface area contributed by atoms with Crippen LogP contribution in [0, 0.1) is 5.82 Å². The summed E-state index contributed by atoms with van der Waals surface area (Å²) in [5.41, 5.74) is 5.29. The molecule has 0 bridgehead atoms. The zero-order valence-corrected chi connectivity index (χ0v) is 7.98. The molecule has 0 amide bonds. The fourth-order valence-electron chi connectivity index (χ4n) is 0.987. The number of methoxy groups -OCH3 is 2. The van der Waals surface area contributed by atoms with Crippen LogP contribution in [-0.2, 0) is 0 Å². The number of ether oxygens (including phenoxy) is 2. The number of anilines is 1. The maximum atomic E-state index is 13.0. The molecular formula is C8H9ClFNO2. The first-order chi connectivity index (χ1) is 6.11. The van der Waals surface area contributed by atoms with Gasteiger partial charge in [0.1, 0.15) is 5.69 Å². The summed E-state index contributed by atoms with van der Waals surface area (Å²) in [7, 11) is 2.77. The summed E-state index contributed by atoms with van der Waals surface area (Å²) in [6, 6.07) is 1.08. The van der Waals surface area contributed by atoms with Crippen LogP contribution in [0.1, 0.15) is 0 Å². The molecule has 0 atom stereocenters. The van der Waals surface area contributed by atoms with Crippen LogP contribution in [0.15, 0.2) is 6.07 Å². The van der Waals surface area contributed by atoms with Crippen LogP contribution < -0.4 is 15.2 Å². The molecule has 0 heterocycles. The molecule has 72 valence electrons. The van der Waals surface area contributed by atoms with Crippen LogP contribution in [0.25, 0.3) is 0 Å². The number of hydrogen-bond donors (Lipinski definition) is 1. The van der Waals surface area contributed by atoms with Gasteiger partial charge in [0.05, 0.1) is 19.2 Å². The number of nitrogen functional groups attached to an aromatic ring is 1. The van der Waals surface area contributed by atoms with Crippen LogP contribution in [0.3, 0.4) is 0 Å². The molecule has 0 saturated carbocycles. The molecule has 0 aliphatic heterocycles. The topological polar surface area (TPSA) is 44.5 Å². The Morgan fingerprint density at radius 3 is 2.31 bits per heavy atom. The van der Waals surface area contributed by atoms with E-state index in [0.29, 0.717) is 0 Å². The minimum Gasteiger partial charge on any atom is -0.491 e. The molecule has 0 aliphatic rings. The van der Waals surface area contributed by atoms with Gasteiger partial charge in [0.15, 0.2) is 17.3 Å². The van der Waals surface area contributed by atoms with E-state index in [0.717, 1.165) is 6.07 Å². The van der Waals surface area contributed by atoms with Gasteiger partial charge in [0, 0.05) is 0 Å². The van der Waals surface area contributed by atoms with Crippen molar-refractivity contribution < 1.29 is 13.9 Å². The van der Waals surface area contributed by atoms with Gasteiger partial charge in [0.25, 0.3) is 0 Å². The van der Waals surface area contributed by atoms with Gasteiger partial charge >= 0.3 is 0 Å². The number of halogens is 2. The zero-order chi connectivity index (χ0) is 10.0. The van der Waals surface area contributed by atoms with E-state index in [1.807, 2.05) is 0 Å². The highest BCUT2D eigenvalue weighted by molar-refractivity contribution is 6.32.